The molecule has 0 aliphatic carbocycles. The van der Waals surface area contributed by atoms with Gasteiger partial charge in [-0.3, -0.25) is 4.79 Å². The predicted molar refractivity (Wildman–Crippen MR) is 117 cm³/mol. The number of fused-ring (bicyclic) bond motifs is 1. The fourth-order valence-electron chi connectivity index (χ4n) is 3.00. The molecule has 0 radical (unpaired) electrons. The maximum absolute atomic E-state index is 13.0. The van der Waals surface area contributed by atoms with E-state index in [4.69, 9.17) is 16.0 Å². The van der Waals surface area contributed by atoms with Gasteiger partial charge in [0.1, 0.15) is 11.1 Å². The SMILES string of the molecule is Cc1ccc(C)c(N=c2oc3ccccc3cc2C(=O)Nc2ccc(Cl)cc2)c1. The van der Waals surface area contributed by atoms with E-state index < -0.39 is 0 Å². The zero-order chi connectivity index (χ0) is 20.4. The number of halogens is 1. The summed E-state index contributed by atoms with van der Waals surface area (Å²) in [4.78, 5) is 17.7. The molecule has 0 aliphatic heterocycles. The highest BCUT2D eigenvalue weighted by molar-refractivity contribution is 6.30. The van der Waals surface area contributed by atoms with Crippen molar-refractivity contribution >= 4 is 39.9 Å². The summed E-state index contributed by atoms with van der Waals surface area (Å²) in [6.07, 6.45) is 0. The van der Waals surface area contributed by atoms with Gasteiger partial charge in [0.15, 0.2) is 0 Å². The molecule has 0 fully saturated rings. The second-order valence-corrected chi connectivity index (χ2v) is 7.30. The van der Waals surface area contributed by atoms with Crippen molar-refractivity contribution in [2.24, 2.45) is 4.99 Å². The third-order valence-electron chi connectivity index (χ3n) is 4.59. The van der Waals surface area contributed by atoms with Gasteiger partial charge in [-0.1, -0.05) is 41.9 Å². The van der Waals surface area contributed by atoms with Crippen molar-refractivity contribution in [1.82, 2.24) is 0 Å². The second kappa shape index (κ2) is 7.94. The lowest BCUT2D eigenvalue weighted by molar-refractivity contribution is 0.102. The number of anilines is 1. The van der Waals surface area contributed by atoms with Gasteiger partial charge in [-0.05, 0) is 67.4 Å². The number of carbonyl (C=O) groups is 1. The minimum absolute atomic E-state index is 0.267. The van der Waals surface area contributed by atoms with Crippen LogP contribution in [0, 0.1) is 13.8 Å². The van der Waals surface area contributed by atoms with Gasteiger partial charge in [0.2, 0.25) is 5.55 Å². The third-order valence-corrected chi connectivity index (χ3v) is 4.84. The van der Waals surface area contributed by atoms with Crippen LogP contribution in [0.5, 0.6) is 0 Å². The molecule has 29 heavy (non-hydrogen) atoms. The van der Waals surface area contributed by atoms with Crippen LogP contribution >= 0.6 is 11.6 Å². The molecule has 0 spiro atoms. The Kier molecular flexibility index (Phi) is 5.19. The number of aryl methyl sites for hydroxylation is 2. The van der Waals surface area contributed by atoms with E-state index in [2.05, 4.69) is 10.3 Å². The van der Waals surface area contributed by atoms with E-state index in [0.29, 0.717) is 21.9 Å². The fourth-order valence-corrected chi connectivity index (χ4v) is 3.12. The number of nitrogens with one attached hydrogen (secondary N) is 1. The molecule has 5 heteroatoms. The summed E-state index contributed by atoms with van der Waals surface area (Å²) in [5, 5.41) is 4.32. The summed E-state index contributed by atoms with van der Waals surface area (Å²) in [6.45, 7) is 3.98. The Labute approximate surface area is 173 Å². The second-order valence-electron chi connectivity index (χ2n) is 6.87. The minimum Gasteiger partial charge on any atom is -0.438 e. The van der Waals surface area contributed by atoms with Crippen LogP contribution < -0.4 is 10.9 Å². The first-order chi connectivity index (χ1) is 14.0. The molecule has 0 aliphatic rings. The topological polar surface area (TPSA) is 54.6 Å². The lowest BCUT2D eigenvalue weighted by atomic mass is 10.1. The van der Waals surface area contributed by atoms with Crippen LogP contribution in [-0.4, -0.2) is 5.91 Å². The molecule has 3 aromatic carbocycles. The molecular weight excluding hydrogens is 384 g/mol. The van der Waals surface area contributed by atoms with Crippen molar-refractivity contribution < 1.29 is 9.21 Å². The standard InChI is InChI=1S/C24H19ClN2O2/c1-15-7-8-16(2)21(13-15)27-24-20(14-17-5-3-4-6-22(17)29-24)23(28)26-19-11-9-18(25)10-12-19/h3-14H,1-2H3,(H,26,28). The first kappa shape index (κ1) is 19.0. The average Bonchev–Trinajstić information content (AvgIpc) is 2.72. The number of para-hydroxylation sites is 1. The number of hydrogen-bond donors (Lipinski definition) is 1. The monoisotopic (exact) mass is 402 g/mol. The third kappa shape index (κ3) is 4.23. The van der Waals surface area contributed by atoms with Gasteiger partial charge >= 0.3 is 0 Å². The average molecular weight is 403 g/mol. The molecular formula is C24H19ClN2O2. The van der Waals surface area contributed by atoms with Crippen LogP contribution in [0.1, 0.15) is 21.5 Å². The minimum atomic E-state index is -0.300. The molecule has 4 nitrogen and oxygen atoms in total. The van der Waals surface area contributed by atoms with Crippen LogP contribution in [-0.2, 0) is 0 Å². The Bertz CT molecular complexity index is 1270. The van der Waals surface area contributed by atoms with Gasteiger partial charge in [-0.15, -0.1) is 0 Å². The lowest BCUT2D eigenvalue weighted by Crippen LogP contribution is -2.21. The maximum Gasteiger partial charge on any atom is 0.261 e. The van der Waals surface area contributed by atoms with Crippen LogP contribution in [0.15, 0.2) is 82.2 Å². The predicted octanol–water partition coefficient (Wildman–Crippen LogP) is 6.19. The maximum atomic E-state index is 13.0. The Morgan fingerprint density at radius 2 is 1.72 bits per heavy atom. The van der Waals surface area contributed by atoms with E-state index in [1.54, 1.807) is 30.3 Å². The summed E-state index contributed by atoms with van der Waals surface area (Å²) in [5.74, 6) is -0.300. The first-order valence-electron chi connectivity index (χ1n) is 9.21. The zero-order valence-corrected chi connectivity index (χ0v) is 16.8. The van der Waals surface area contributed by atoms with Crippen molar-refractivity contribution in [3.8, 4) is 0 Å². The molecule has 0 unspecified atom stereocenters. The Morgan fingerprint density at radius 1 is 0.966 bits per heavy atom. The van der Waals surface area contributed by atoms with E-state index in [1.165, 1.54) is 0 Å². The van der Waals surface area contributed by atoms with Crippen LogP contribution in [0.25, 0.3) is 11.0 Å². The van der Waals surface area contributed by atoms with Crippen molar-refractivity contribution in [1.29, 1.82) is 0 Å². The lowest BCUT2D eigenvalue weighted by Gasteiger charge is -2.08. The number of carbonyl (C=O) groups excluding carboxylic acids is 1. The van der Waals surface area contributed by atoms with Gasteiger partial charge in [-0.25, -0.2) is 4.99 Å². The molecule has 1 heterocycles. The van der Waals surface area contributed by atoms with Crippen molar-refractivity contribution in [3.05, 3.63) is 100 Å². The van der Waals surface area contributed by atoms with Crippen molar-refractivity contribution in [3.63, 3.8) is 0 Å². The van der Waals surface area contributed by atoms with Gasteiger partial charge in [0.05, 0.1) is 5.69 Å². The number of nitrogens with zero attached hydrogens (tertiary/aromatic N) is 1. The highest BCUT2D eigenvalue weighted by atomic mass is 35.5. The number of amides is 1. The first-order valence-corrected chi connectivity index (χ1v) is 9.59. The van der Waals surface area contributed by atoms with E-state index in [1.807, 2.05) is 56.3 Å². The molecule has 4 aromatic rings. The molecule has 0 saturated heterocycles. The van der Waals surface area contributed by atoms with Crippen LogP contribution in [0.2, 0.25) is 5.02 Å². The van der Waals surface area contributed by atoms with E-state index >= 15 is 0 Å². The van der Waals surface area contributed by atoms with Crippen LogP contribution in [0.3, 0.4) is 0 Å². The van der Waals surface area contributed by atoms with Crippen molar-refractivity contribution in [2.75, 3.05) is 5.32 Å². The van der Waals surface area contributed by atoms with Gasteiger partial charge in [0.25, 0.3) is 5.91 Å². The molecule has 0 bridgehead atoms. The fraction of sp³-hybridized carbons (Fsp3) is 0.0833. The summed E-state index contributed by atoms with van der Waals surface area (Å²) in [6, 6.07) is 22.3. The van der Waals surface area contributed by atoms with E-state index in [-0.39, 0.29) is 11.5 Å². The number of rotatable bonds is 3. The van der Waals surface area contributed by atoms with Gasteiger partial charge in [0, 0.05) is 16.1 Å². The summed E-state index contributed by atoms with van der Waals surface area (Å²) in [7, 11) is 0. The summed E-state index contributed by atoms with van der Waals surface area (Å²) >= 11 is 5.93. The van der Waals surface area contributed by atoms with Crippen molar-refractivity contribution in [2.45, 2.75) is 13.8 Å². The Morgan fingerprint density at radius 3 is 2.52 bits per heavy atom. The van der Waals surface area contributed by atoms with Gasteiger partial charge < -0.3 is 9.73 Å². The summed E-state index contributed by atoms with van der Waals surface area (Å²) in [5.41, 5.74) is 4.79. The Balaban J connectivity index is 1.86. The molecule has 1 aromatic heterocycles. The smallest absolute Gasteiger partial charge is 0.261 e. The molecule has 0 saturated carbocycles. The molecule has 1 N–H and O–H groups in total. The normalized spacial score (nSPS) is 11.6. The molecule has 0 atom stereocenters. The highest BCUT2D eigenvalue weighted by Crippen LogP contribution is 2.21. The van der Waals surface area contributed by atoms with E-state index in [0.717, 1.165) is 22.2 Å². The number of hydrogen-bond acceptors (Lipinski definition) is 3. The quantitative estimate of drug-likeness (QED) is 0.444. The van der Waals surface area contributed by atoms with E-state index in [9.17, 15) is 4.79 Å². The van der Waals surface area contributed by atoms with Gasteiger partial charge in [-0.2, -0.15) is 0 Å². The zero-order valence-electron chi connectivity index (χ0n) is 16.1. The molecule has 144 valence electrons. The largest absolute Gasteiger partial charge is 0.438 e. The molecule has 4 rings (SSSR count). The molecule has 1 amide bonds. The number of benzene rings is 3. The summed E-state index contributed by atoms with van der Waals surface area (Å²) < 4.78 is 6.02. The highest BCUT2D eigenvalue weighted by Gasteiger charge is 2.13. The van der Waals surface area contributed by atoms with Crippen LogP contribution in [0.4, 0.5) is 11.4 Å². The Hall–Kier alpha value is -3.37.